The first-order valence-electron chi connectivity index (χ1n) is 10.5. The maximum Gasteiger partial charge on any atom is 0.261 e. The molecule has 1 aliphatic carbocycles. The SMILES string of the molecule is O=C(NSC1CC1)c1ccccc1-c1ccc2c(c1)OC[C@H](Cc1ccccn1)C2. The fourth-order valence-electron chi connectivity index (χ4n) is 3.86. The lowest BCUT2D eigenvalue weighted by Crippen LogP contribution is -2.23. The van der Waals surface area contributed by atoms with Crippen LogP contribution in [-0.2, 0) is 12.8 Å². The fourth-order valence-corrected chi connectivity index (χ4v) is 4.61. The number of carbonyl (C=O) groups excluding carboxylic acids is 1. The molecule has 0 bridgehead atoms. The van der Waals surface area contributed by atoms with Gasteiger partial charge in [-0.15, -0.1) is 0 Å². The number of aromatic nitrogens is 1. The molecule has 5 heteroatoms. The number of nitrogens with zero attached hydrogens (tertiary/aromatic N) is 1. The van der Waals surface area contributed by atoms with E-state index in [1.807, 2.05) is 42.6 Å². The third-order valence-electron chi connectivity index (χ3n) is 5.60. The zero-order valence-electron chi connectivity index (χ0n) is 16.7. The molecular weight excluding hydrogens is 392 g/mol. The number of carbonyl (C=O) groups is 1. The molecule has 3 aromatic rings. The Kier molecular flexibility index (Phi) is 5.45. The van der Waals surface area contributed by atoms with Crippen LogP contribution in [0.5, 0.6) is 5.75 Å². The van der Waals surface area contributed by atoms with E-state index >= 15 is 0 Å². The predicted octanol–water partition coefficient (Wildman–Crippen LogP) is 5.08. The molecule has 30 heavy (non-hydrogen) atoms. The molecule has 2 aromatic carbocycles. The van der Waals surface area contributed by atoms with Gasteiger partial charge in [-0.2, -0.15) is 0 Å². The summed E-state index contributed by atoms with van der Waals surface area (Å²) in [6.07, 6.45) is 6.12. The van der Waals surface area contributed by atoms with Crippen LogP contribution in [0.3, 0.4) is 0 Å². The summed E-state index contributed by atoms with van der Waals surface area (Å²) in [5.74, 6) is 1.32. The van der Waals surface area contributed by atoms with E-state index in [4.69, 9.17) is 4.74 Å². The van der Waals surface area contributed by atoms with Gasteiger partial charge in [0.1, 0.15) is 5.75 Å². The second kappa shape index (κ2) is 8.52. The van der Waals surface area contributed by atoms with Gasteiger partial charge in [0.15, 0.2) is 0 Å². The lowest BCUT2D eigenvalue weighted by atomic mass is 9.90. The Balaban J connectivity index is 1.33. The Labute approximate surface area is 181 Å². The van der Waals surface area contributed by atoms with E-state index in [0.717, 1.165) is 35.4 Å². The summed E-state index contributed by atoms with van der Waals surface area (Å²) < 4.78 is 9.13. The van der Waals surface area contributed by atoms with Crippen molar-refractivity contribution in [2.24, 2.45) is 5.92 Å². The first-order chi connectivity index (χ1) is 14.8. The molecule has 0 radical (unpaired) electrons. The largest absolute Gasteiger partial charge is 0.493 e. The molecule has 2 aliphatic rings. The number of rotatable bonds is 6. The molecule has 4 nitrogen and oxygen atoms in total. The van der Waals surface area contributed by atoms with E-state index in [1.165, 1.54) is 18.4 Å². The number of ether oxygens (including phenoxy) is 1. The van der Waals surface area contributed by atoms with Crippen LogP contribution in [0.2, 0.25) is 0 Å². The number of fused-ring (bicyclic) bond motifs is 1. The van der Waals surface area contributed by atoms with Crippen molar-refractivity contribution in [3.8, 4) is 16.9 Å². The summed E-state index contributed by atoms with van der Waals surface area (Å²) in [6, 6.07) is 20.2. The molecule has 0 spiro atoms. The van der Waals surface area contributed by atoms with Crippen LogP contribution in [0.4, 0.5) is 0 Å². The summed E-state index contributed by atoms with van der Waals surface area (Å²) in [5.41, 5.74) is 4.98. The summed E-state index contributed by atoms with van der Waals surface area (Å²) >= 11 is 1.54. The minimum absolute atomic E-state index is 0.0310. The number of pyridine rings is 1. The number of hydrogen-bond donors (Lipinski definition) is 1. The third-order valence-corrected chi connectivity index (χ3v) is 6.71. The van der Waals surface area contributed by atoms with Gasteiger partial charge in [-0.05, 0) is 78.6 Å². The van der Waals surface area contributed by atoms with E-state index in [9.17, 15) is 4.79 Å². The topological polar surface area (TPSA) is 51.2 Å². The molecule has 1 fully saturated rings. The molecule has 2 heterocycles. The lowest BCUT2D eigenvalue weighted by molar-refractivity contribution is 0.0985. The first kappa shape index (κ1) is 19.2. The zero-order chi connectivity index (χ0) is 20.3. The molecule has 1 N–H and O–H groups in total. The molecule has 1 saturated carbocycles. The molecule has 1 aliphatic heterocycles. The average Bonchev–Trinajstić information content (AvgIpc) is 3.62. The van der Waals surface area contributed by atoms with E-state index in [0.29, 0.717) is 23.3 Å². The van der Waals surface area contributed by atoms with E-state index in [1.54, 1.807) is 11.9 Å². The summed E-state index contributed by atoms with van der Waals surface area (Å²) in [5, 5.41) is 0.581. The Bertz CT molecular complexity index is 1050. The maximum absolute atomic E-state index is 12.7. The van der Waals surface area contributed by atoms with Crippen LogP contribution in [-0.4, -0.2) is 22.7 Å². The van der Waals surface area contributed by atoms with Crippen molar-refractivity contribution in [3.63, 3.8) is 0 Å². The highest BCUT2D eigenvalue weighted by atomic mass is 32.2. The van der Waals surface area contributed by atoms with Crippen molar-refractivity contribution in [1.82, 2.24) is 9.71 Å². The van der Waals surface area contributed by atoms with Crippen LogP contribution < -0.4 is 9.46 Å². The van der Waals surface area contributed by atoms with Crippen LogP contribution in [0, 0.1) is 5.92 Å². The van der Waals surface area contributed by atoms with Gasteiger partial charge >= 0.3 is 0 Å². The van der Waals surface area contributed by atoms with Crippen molar-refractivity contribution in [1.29, 1.82) is 0 Å². The van der Waals surface area contributed by atoms with Crippen LogP contribution in [0.15, 0.2) is 66.9 Å². The Hall–Kier alpha value is -2.79. The lowest BCUT2D eigenvalue weighted by Gasteiger charge is -2.26. The Morgan fingerprint density at radius 2 is 1.97 bits per heavy atom. The average molecular weight is 417 g/mol. The van der Waals surface area contributed by atoms with Crippen LogP contribution in [0.1, 0.15) is 34.5 Å². The van der Waals surface area contributed by atoms with Crippen LogP contribution in [0.25, 0.3) is 11.1 Å². The molecule has 0 unspecified atom stereocenters. The minimum atomic E-state index is -0.0310. The summed E-state index contributed by atoms with van der Waals surface area (Å²) in [7, 11) is 0. The highest BCUT2D eigenvalue weighted by molar-refractivity contribution is 7.98. The maximum atomic E-state index is 12.7. The summed E-state index contributed by atoms with van der Waals surface area (Å²) in [6.45, 7) is 0.688. The van der Waals surface area contributed by atoms with Gasteiger partial charge in [0.25, 0.3) is 5.91 Å². The van der Waals surface area contributed by atoms with Gasteiger partial charge in [0.2, 0.25) is 0 Å². The van der Waals surface area contributed by atoms with Gasteiger partial charge in [0.05, 0.1) is 6.61 Å². The first-order valence-corrected chi connectivity index (χ1v) is 11.4. The van der Waals surface area contributed by atoms with Gasteiger partial charge in [-0.1, -0.05) is 36.4 Å². The quantitative estimate of drug-likeness (QED) is 0.569. The standard InChI is InChI=1S/C25H24N2O2S/c28-25(27-30-21-10-11-21)23-7-2-1-6-22(23)18-8-9-19-13-17(16-29-24(19)15-18)14-20-5-3-4-12-26-20/h1-9,12,15,17,21H,10-11,13-14,16H2,(H,27,28)/t17-/m0/s1. The molecule has 5 rings (SSSR count). The van der Waals surface area contributed by atoms with Crippen molar-refractivity contribution < 1.29 is 9.53 Å². The van der Waals surface area contributed by atoms with Gasteiger partial charge < -0.3 is 4.74 Å². The minimum Gasteiger partial charge on any atom is -0.493 e. The molecule has 1 amide bonds. The molecular formula is C25H24N2O2S. The second-order valence-corrected chi connectivity index (χ2v) is 9.13. The second-order valence-electron chi connectivity index (χ2n) is 8.02. The molecule has 152 valence electrons. The Morgan fingerprint density at radius 1 is 1.10 bits per heavy atom. The smallest absolute Gasteiger partial charge is 0.261 e. The van der Waals surface area contributed by atoms with Gasteiger partial charge in [0, 0.05) is 28.6 Å². The van der Waals surface area contributed by atoms with Gasteiger partial charge in [-0.3, -0.25) is 14.5 Å². The number of amides is 1. The highest BCUT2D eigenvalue weighted by Gasteiger charge is 2.25. The normalized spacial score (nSPS) is 17.7. The predicted molar refractivity (Wildman–Crippen MR) is 121 cm³/mol. The van der Waals surface area contributed by atoms with Crippen molar-refractivity contribution >= 4 is 17.9 Å². The Morgan fingerprint density at radius 3 is 2.80 bits per heavy atom. The number of nitrogens with one attached hydrogen (secondary N) is 1. The zero-order valence-corrected chi connectivity index (χ0v) is 17.5. The number of benzene rings is 2. The third kappa shape index (κ3) is 4.36. The van der Waals surface area contributed by atoms with E-state index in [-0.39, 0.29) is 5.91 Å². The van der Waals surface area contributed by atoms with Crippen molar-refractivity contribution in [2.75, 3.05) is 6.61 Å². The van der Waals surface area contributed by atoms with Crippen molar-refractivity contribution in [2.45, 2.75) is 30.9 Å². The van der Waals surface area contributed by atoms with E-state index < -0.39 is 0 Å². The number of hydrogen-bond acceptors (Lipinski definition) is 4. The monoisotopic (exact) mass is 416 g/mol. The fraction of sp³-hybridized carbons (Fsp3) is 0.280. The van der Waals surface area contributed by atoms with Crippen molar-refractivity contribution in [3.05, 3.63) is 83.7 Å². The van der Waals surface area contributed by atoms with Gasteiger partial charge in [-0.25, -0.2) is 0 Å². The molecule has 1 atom stereocenters. The summed E-state index contributed by atoms with van der Waals surface area (Å²) in [4.78, 5) is 17.2. The molecule has 0 saturated heterocycles. The highest BCUT2D eigenvalue weighted by Crippen LogP contribution is 2.35. The van der Waals surface area contributed by atoms with E-state index in [2.05, 4.69) is 34.0 Å². The molecule has 1 aromatic heterocycles. The van der Waals surface area contributed by atoms with Crippen LogP contribution >= 0.6 is 11.9 Å².